The highest BCUT2D eigenvalue weighted by Crippen LogP contribution is 2.33. The number of aromatic nitrogens is 1. The van der Waals surface area contributed by atoms with Crippen molar-refractivity contribution in [3.8, 4) is 5.75 Å². The molecule has 5 rings (SSSR count). The van der Waals surface area contributed by atoms with E-state index in [2.05, 4.69) is 25.8 Å². The van der Waals surface area contributed by atoms with Crippen molar-refractivity contribution in [1.82, 2.24) is 15.4 Å². The lowest BCUT2D eigenvalue weighted by Gasteiger charge is -2.37. The van der Waals surface area contributed by atoms with Gasteiger partial charge in [-0.1, -0.05) is 23.7 Å². The first-order valence-corrected chi connectivity index (χ1v) is 17.5. The van der Waals surface area contributed by atoms with Crippen LogP contribution in [0.2, 0.25) is 5.02 Å². The molecule has 0 spiro atoms. The van der Waals surface area contributed by atoms with Gasteiger partial charge in [0, 0.05) is 50.4 Å². The van der Waals surface area contributed by atoms with Gasteiger partial charge in [0.15, 0.2) is 0 Å². The first-order valence-electron chi connectivity index (χ1n) is 17.2. The Morgan fingerprint density at radius 3 is 2.35 bits per heavy atom. The second kappa shape index (κ2) is 16.1. The Morgan fingerprint density at radius 1 is 0.904 bits per heavy atom. The lowest BCUT2D eigenvalue weighted by molar-refractivity contribution is -0.217. The van der Waals surface area contributed by atoms with Crippen LogP contribution in [0.15, 0.2) is 66.5 Å². The highest BCUT2D eigenvalue weighted by Gasteiger charge is 2.32. The predicted molar refractivity (Wildman–Crippen MR) is 198 cm³/mol. The molecule has 2 atom stereocenters. The molecule has 2 aliphatic rings. The van der Waals surface area contributed by atoms with E-state index >= 15 is 0 Å². The zero-order valence-corrected chi connectivity index (χ0v) is 31.0. The van der Waals surface area contributed by atoms with E-state index in [0.717, 1.165) is 5.69 Å². The number of nitrogens with one attached hydrogen (secondary N) is 3. The molecule has 0 radical (unpaired) electrons. The number of amides is 3. The molecule has 3 heterocycles. The topological polar surface area (TPSA) is 151 Å². The molecule has 276 valence electrons. The van der Waals surface area contributed by atoms with Crippen LogP contribution in [0.5, 0.6) is 5.75 Å². The van der Waals surface area contributed by atoms with Gasteiger partial charge in [-0.25, -0.2) is 19.6 Å². The summed E-state index contributed by atoms with van der Waals surface area (Å²) in [6.45, 7) is 12.7. The molecule has 2 aliphatic heterocycles. The third-order valence-corrected chi connectivity index (χ3v) is 8.27. The minimum absolute atomic E-state index is 0.139. The molecule has 3 amide bonds. The molecule has 3 N–H and O–H groups in total. The Labute approximate surface area is 308 Å². The quantitative estimate of drug-likeness (QED) is 0.205. The average Bonchev–Trinajstić information content (AvgIpc) is 3.53. The summed E-state index contributed by atoms with van der Waals surface area (Å²) in [6.07, 6.45) is 1.92. The van der Waals surface area contributed by atoms with E-state index in [1.807, 2.05) is 53.6 Å². The molecule has 0 saturated carbocycles. The van der Waals surface area contributed by atoms with Crippen LogP contribution in [0.3, 0.4) is 0 Å². The van der Waals surface area contributed by atoms with Crippen molar-refractivity contribution in [3.63, 3.8) is 0 Å². The standard InChI is InChI=1S/C38H45ClN6O7/c1-37(2,3)51-36(49)41-25-15-17-44(22-25)26-12-13-30(32(20-26)50-28-16-18-45(27(19-28)23-46)52-38(4,5)6)35(48)42-31-10-8-7-9-29(31)34(47)43-33-14-11-24(39)21-40-33/h7-14,20-21,25,28H,15-19,22H2,1-6H3,(H,41,49)(H,42,48)(H,40,43,47). The van der Waals surface area contributed by atoms with Crippen molar-refractivity contribution in [2.75, 3.05) is 35.2 Å². The van der Waals surface area contributed by atoms with Crippen LogP contribution < -0.4 is 25.6 Å². The van der Waals surface area contributed by atoms with Crippen LogP contribution in [0, 0.1) is 0 Å². The Balaban J connectivity index is 1.38. The van der Waals surface area contributed by atoms with Crippen molar-refractivity contribution < 1.29 is 33.5 Å². The number of nitrogens with zero attached hydrogens (tertiary/aromatic N) is 3. The average molecular weight is 733 g/mol. The number of anilines is 3. The molecule has 3 aromatic rings. The number of halogens is 1. The fourth-order valence-corrected chi connectivity index (χ4v) is 5.92. The van der Waals surface area contributed by atoms with Gasteiger partial charge in [-0.3, -0.25) is 14.4 Å². The largest absolute Gasteiger partial charge is 0.489 e. The summed E-state index contributed by atoms with van der Waals surface area (Å²) >= 11 is 5.93. The molecular weight excluding hydrogens is 688 g/mol. The smallest absolute Gasteiger partial charge is 0.407 e. The number of hydrogen-bond donors (Lipinski definition) is 3. The van der Waals surface area contributed by atoms with E-state index in [0.29, 0.717) is 54.8 Å². The number of carbonyl (C=O) groups excluding carboxylic acids is 4. The van der Waals surface area contributed by atoms with Crippen LogP contribution >= 0.6 is 11.6 Å². The van der Waals surface area contributed by atoms with Gasteiger partial charge in [0.25, 0.3) is 11.8 Å². The minimum atomic E-state index is -0.614. The zero-order valence-electron chi connectivity index (χ0n) is 30.2. The maximum absolute atomic E-state index is 14.0. The van der Waals surface area contributed by atoms with Gasteiger partial charge in [0.2, 0.25) is 0 Å². The van der Waals surface area contributed by atoms with Crippen molar-refractivity contribution in [2.45, 2.75) is 84.2 Å². The summed E-state index contributed by atoms with van der Waals surface area (Å²) in [5, 5.41) is 10.5. The Hall–Kier alpha value is -5.10. The van der Waals surface area contributed by atoms with Crippen molar-refractivity contribution >= 4 is 52.6 Å². The van der Waals surface area contributed by atoms with Crippen LogP contribution in [-0.2, 0) is 14.4 Å². The molecule has 52 heavy (non-hydrogen) atoms. The lowest BCUT2D eigenvalue weighted by atomic mass is 10.1. The zero-order chi connectivity index (χ0) is 37.6. The molecule has 2 saturated heterocycles. The summed E-state index contributed by atoms with van der Waals surface area (Å²) in [5.41, 5.74) is 0.708. The SMILES string of the molecule is CC(C)(C)OC(=O)NC1CCN(c2ccc(C(=O)Nc3ccccc3C(=O)Nc3ccc(Cl)cn3)c(OC3CCN(OC(C)(C)C)C(=C=O)C3)c2)C1. The molecule has 0 bridgehead atoms. The predicted octanol–water partition coefficient (Wildman–Crippen LogP) is 6.63. The summed E-state index contributed by atoms with van der Waals surface area (Å²) in [7, 11) is 0. The fraction of sp³-hybridized carbons (Fsp3) is 0.421. The molecule has 0 aliphatic carbocycles. The molecule has 14 heteroatoms. The highest BCUT2D eigenvalue weighted by molar-refractivity contribution is 6.30. The second-order valence-electron chi connectivity index (χ2n) is 14.7. The number of hydroxylamine groups is 2. The Bertz CT molecular complexity index is 1830. The normalized spacial score (nSPS) is 17.6. The van der Waals surface area contributed by atoms with E-state index in [9.17, 15) is 19.2 Å². The third-order valence-electron chi connectivity index (χ3n) is 8.04. The number of piperidine rings is 1. The molecule has 1 aromatic heterocycles. The summed E-state index contributed by atoms with van der Waals surface area (Å²) < 4.78 is 11.9. The third kappa shape index (κ3) is 10.5. The number of rotatable bonds is 9. The molecule has 2 aromatic carbocycles. The van der Waals surface area contributed by atoms with Crippen molar-refractivity contribution in [2.24, 2.45) is 0 Å². The van der Waals surface area contributed by atoms with Gasteiger partial charge >= 0.3 is 6.09 Å². The van der Waals surface area contributed by atoms with Crippen molar-refractivity contribution in [1.29, 1.82) is 0 Å². The number of para-hydroxylation sites is 1. The number of ether oxygens (including phenoxy) is 2. The Kier molecular flexibility index (Phi) is 11.8. The lowest BCUT2D eigenvalue weighted by Crippen LogP contribution is -2.41. The van der Waals surface area contributed by atoms with Crippen molar-refractivity contribution in [3.05, 3.63) is 82.6 Å². The number of alkyl carbamates (subject to hydrolysis) is 1. The van der Waals surface area contributed by atoms with Gasteiger partial charge in [0.05, 0.1) is 33.5 Å². The minimum Gasteiger partial charge on any atom is -0.489 e. The van der Waals surface area contributed by atoms with Gasteiger partial charge in [-0.2, -0.15) is 0 Å². The van der Waals surface area contributed by atoms with E-state index in [1.165, 1.54) is 6.20 Å². The van der Waals surface area contributed by atoms with Gasteiger partial charge in [0.1, 0.15) is 34.9 Å². The maximum Gasteiger partial charge on any atom is 0.407 e. The van der Waals surface area contributed by atoms with Crippen LogP contribution in [0.25, 0.3) is 0 Å². The Morgan fingerprint density at radius 2 is 1.65 bits per heavy atom. The fourth-order valence-electron chi connectivity index (χ4n) is 5.81. The van der Waals surface area contributed by atoms with Crippen LogP contribution in [0.1, 0.15) is 81.5 Å². The van der Waals surface area contributed by atoms with E-state index in [1.54, 1.807) is 53.6 Å². The van der Waals surface area contributed by atoms with Gasteiger partial charge in [-0.05, 0) is 84.4 Å². The summed E-state index contributed by atoms with van der Waals surface area (Å²) in [6, 6.07) is 15.0. The second-order valence-corrected chi connectivity index (χ2v) is 15.1. The van der Waals surface area contributed by atoms with Gasteiger partial charge in [-0.15, -0.1) is 0 Å². The number of pyridine rings is 1. The number of carbonyl (C=O) groups is 3. The molecule has 13 nitrogen and oxygen atoms in total. The summed E-state index contributed by atoms with van der Waals surface area (Å²) in [4.78, 5) is 63.8. The van der Waals surface area contributed by atoms with E-state index in [-0.39, 0.29) is 29.3 Å². The van der Waals surface area contributed by atoms with E-state index in [4.69, 9.17) is 25.9 Å². The van der Waals surface area contributed by atoms with E-state index < -0.39 is 35.2 Å². The number of benzene rings is 2. The van der Waals surface area contributed by atoms with Gasteiger partial charge < -0.3 is 30.3 Å². The first-order chi connectivity index (χ1) is 24.6. The summed E-state index contributed by atoms with van der Waals surface area (Å²) in [5.74, 6) is 1.62. The maximum atomic E-state index is 14.0. The van der Waals surface area contributed by atoms with Crippen LogP contribution in [0.4, 0.5) is 22.0 Å². The molecule has 2 fully saturated rings. The first kappa shape index (κ1) is 38.1. The molecule has 2 unspecified atom stereocenters. The number of hydrogen-bond acceptors (Lipinski definition) is 10. The monoisotopic (exact) mass is 732 g/mol. The molecular formula is C38H45ClN6O7. The van der Waals surface area contributed by atoms with Crippen LogP contribution in [-0.4, -0.2) is 76.9 Å². The highest BCUT2D eigenvalue weighted by atomic mass is 35.5.